The summed E-state index contributed by atoms with van der Waals surface area (Å²) >= 11 is 0. The summed E-state index contributed by atoms with van der Waals surface area (Å²) < 4.78 is 0. The van der Waals surface area contributed by atoms with E-state index >= 15 is 0 Å². The predicted molar refractivity (Wildman–Crippen MR) is 281 cm³/mol. The Hall–Kier alpha value is -9.30. The van der Waals surface area contributed by atoms with Crippen LogP contribution in [0, 0.1) is 6.57 Å². The van der Waals surface area contributed by atoms with E-state index in [9.17, 15) is 0 Å². The van der Waals surface area contributed by atoms with Crippen molar-refractivity contribution in [1.82, 2.24) is 15.0 Å². The lowest BCUT2D eigenvalue weighted by molar-refractivity contribution is 1.07. The van der Waals surface area contributed by atoms with Crippen molar-refractivity contribution in [2.45, 2.75) is 0 Å². The maximum absolute atomic E-state index is 8.34. The molecule has 1 aromatic heterocycles. The summed E-state index contributed by atoms with van der Waals surface area (Å²) in [5, 5.41) is 7.45. The normalized spacial score (nSPS) is 11.5. The van der Waals surface area contributed by atoms with Crippen LogP contribution in [0.2, 0.25) is 0 Å². The number of hydrogen-bond donors (Lipinski definition) is 0. The summed E-state index contributed by atoms with van der Waals surface area (Å²) in [6, 6.07) is 81.0. The molecule has 0 fully saturated rings. The van der Waals surface area contributed by atoms with Crippen molar-refractivity contribution in [2.75, 3.05) is 0 Å². The van der Waals surface area contributed by atoms with Gasteiger partial charge in [0.15, 0.2) is 23.2 Å². The summed E-state index contributed by atoms with van der Waals surface area (Å²) in [6.45, 7) is 8.34. The minimum absolute atomic E-state index is 0.572. The molecule has 314 valence electrons. The zero-order valence-corrected chi connectivity index (χ0v) is 36.7. The van der Waals surface area contributed by atoms with E-state index in [0.717, 1.165) is 61.2 Å². The van der Waals surface area contributed by atoms with Crippen molar-refractivity contribution in [3.8, 4) is 101 Å². The van der Waals surface area contributed by atoms with Crippen LogP contribution in [0.25, 0.3) is 138 Å². The molecule has 0 aliphatic heterocycles. The maximum atomic E-state index is 8.34. The Bertz CT molecular complexity index is 4050. The van der Waals surface area contributed by atoms with E-state index in [-0.39, 0.29) is 0 Å². The average Bonchev–Trinajstić information content (AvgIpc) is 3.74. The number of aromatic nitrogens is 3. The molecule has 0 saturated heterocycles. The number of fused-ring (bicyclic) bond motifs is 6. The lowest BCUT2D eigenvalue weighted by Crippen LogP contribution is -2.00. The van der Waals surface area contributed by atoms with Crippen molar-refractivity contribution < 1.29 is 0 Å². The first-order valence-corrected chi connectivity index (χ1v) is 22.9. The maximum Gasteiger partial charge on any atom is 0.195 e. The molecule has 1 heterocycles. The van der Waals surface area contributed by atoms with Crippen molar-refractivity contribution in [2.24, 2.45) is 0 Å². The van der Waals surface area contributed by atoms with Crippen LogP contribution < -0.4 is 0 Å². The second-order valence-electron chi connectivity index (χ2n) is 17.4. The SMILES string of the molecule is [C-]#[N+]c1cc(-c2cccc(-c3nc(-c4ccccc4)nc(-c4cccc(-c5cc6ccccc6c6ccccc56)c4)n3)c2)ccc1-c1cccc(-c2ccc3c(c2)-c2cccc4cccc-3c24)c1. The van der Waals surface area contributed by atoms with E-state index in [1.54, 1.807) is 0 Å². The van der Waals surface area contributed by atoms with Gasteiger partial charge in [-0.2, -0.15) is 0 Å². The van der Waals surface area contributed by atoms with Crippen LogP contribution in [0.4, 0.5) is 5.69 Å². The van der Waals surface area contributed by atoms with Gasteiger partial charge in [0, 0.05) is 16.7 Å². The topological polar surface area (TPSA) is 43.0 Å². The van der Waals surface area contributed by atoms with E-state index in [0.29, 0.717) is 23.2 Å². The zero-order valence-electron chi connectivity index (χ0n) is 36.7. The molecule has 1 aliphatic carbocycles. The first-order valence-electron chi connectivity index (χ1n) is 22.9. The highest BCUT2D eigenvalue weighted by atomic mass is 15.0. The first kappa shape index (κ1) is 39.1. The molecule has 0 N–H and O–H groups in total. The van der Waals surface area contributed by atoms with Crippen LogP contribution in [0.15, 0.2) is 231 Å². The molecule has 0 radical (unpaired) electrons. The molecule has 0 spiro atoms. The smallest absolute Gasteiger partial charge is 0.195 e. The summed E-state index contributed by atoms with van der Waals surface area (Å²) in [4.78, 5) is 19.4. The molecule has 11 aromatic carbocycles. The van der Waals surface area contributed by atoms with Gasteiger partial charge in [0.05, 0.1) is 6.57 Å². The molecule has 1 aliphatic rings. The number of rotatable bonds is 7. The summed E-state index contributed by atoms with van der Waals surface area (Å²) in [6.07, 6.45) is 0. The van der Waals surface area contributed by atoms with Crippen LogP contribution in [0.3, 0.4) is 0 Å². The molecule has 13 rings (SSSR count). The largest absolute Gasteiger partial charge is 0.237 e. The minimum atomic E-state index is 0.572. The molecule has 0 bridgehead atoms. The lowest BCUT2D eigenvalue weighted by atomic mass is 9.92. The number of benzene rings is 11. The Labute approximate surface area is 394 Å². The Morgan fingerprint density at radius 1 is 0.265 bits per heavy atom. The summed E-state index contributed by atoms with van der Waals surface area (Å²) in [5.41, 5.74) is 16.7. The predicted octanol–water partition coefficient (Wildman–Crippen LogP) is 17.2. The molecule has 0 amide bonds. The Morgan fingerprint density at radius 3 is 1.44 bits per heavy atom. The Balaban J connectivity index is 0.853. The molecule has 4 nitrogen and oxygen atoms in total. The van der Waals surface area contributed by atoms with Gasteiger partial charge in [0.2, 0.25) is 0 Å². The van der Waals surface area contributed by atoms with E-state index in [1.165, 1.54) is 54.6 Å². The van der Waals surface area contributed by atoms with Gasteiger partial charge in [0.25, 0.3) is 0 Å². The average molecular weight is 863 g/mol. The van der Waals surface area contributed by atoms with E-state index in [1.807, 2.05) is 48.5 Å². The summed E-state index contributed by atoms with van der Waals surface area (Å²) in [7, 11) is 0. The van der Waals surface area contributed by atoms with E-state index < -0.39 is 0 Å². The van der Waals surface area contributed by atoms with Crippen molar-refractivity contribution in [3.63, 3.8) is 0 Å². The van der Waals surface area contributed by atoms with Crippen molar-refractivity contribution in [1.29, 1.82) is 0 Å². The van der Waals surface area contributed by atoms with E-state index in [2.05, 4.69) is 187 Å². The highest BCUT2D eigenvalue weighted by molar-refractivity contribution is 6.16. The van der Waals surface area contributed by atoms with Crippen LogP contribution in [0.1, 0.15) is 0 Å². The number of nitrogens with zero attached hydrogens (tertiary/aromatic N) is 4. The van der Waals surface area contributed by atoms with Crippen LogP contribution in [-0.2, 0) is 0 Å². The fourth-order valence-electron chi connectivity index (χ4n) is 10.2. The number of hydrogen-bond acceptors (Lipinski definition) is 3. The third-order valence-corrected chi connectivity index (χ3v) is 13.5. The van der Waals surface area contributed by atoms with Gasteiger partial charge in [-0.1, -0.05) is 194 Å². The summed E-state index contributed by atoms with van der Waals surface area (Å²) in [5.74, 6) is 1.76. The molecular formula is C64H38N4. The van der Waals surface area contributed by atoms with Gasteiger partial charge >= 0.3 is 0 Å². The van der Waals surface area contributed by atoms with Crippen molar-refractivity contribution >= 4 is 38.0 Å². The second kappa shape index (κ2) is 16.0. The molecule has 0 saturated carbocycles. The standard InChI is InChI=1S/C64H38N4/c1-65-60-39-45(30-32-52(60)46-21-9-19-42(34-46)44-31-33-55-56-28-12-17-40-18-13-29-57(61(40)56)59(55)37-44)43-20-10-23-49(35-43)63-66-62(41-14-3-2-4-15-41)67-64(68-63)50-24-11-22-47(36-50)58-38-48-16-5-6-25-51(48)53-26-7-8-27-54(53)58/h2-39H. The van der Waals surface area contributed by atoms with Crippen molar-refractivity contribution in [3.05, 3.63) is 242 Å². The Morgan fingerprint density at radius 2 is 0.735 bits per heavy atom. The first-order chi connectivity index (χ1) is 33.6. The van der Waals surface area contributed by atoms with Gasteiger partial charge in [-0.15, -0.1) is 0 Å². The van der Waals surface area contributed by atoms with Crippen LogP contribution in [0.5, 0.6) is 0 Å². The highest BCUT2D eigenvalue weighted by Gasteiger charge is 2.22. The highest BCUT2D eigenvalue weighted by Crippen LogP contribution is 2.48. The molecule has 4 heteroatoms. The fraction of sp³-hybridized carbons (Fsp3) is 0. The monoisotopic (exact) mass is 862 g/mol. The molecule has 12 aromatic rings. The van der Waals surface area contributed by atoms with Gasteiger partial charge in [-0.05, 0) is 135 Å². The van der Waals surface area contributed by atoms with Gasteiger partial charge in [-0.25, -0.2) is 19.8 Å². The zero-order chi connectivity index (χ0) is 45.1. The molecule has 68 heavy (non-hydrogen) atoms. The third kappa shape index (κ3) is 6.65. The fourth-order valence-corrected chi connectivity index (χ4v) is 10.2. The van der Waals surface area contributed by atoms with Crippen LogP contribution in [-0.4, -0.2) is 15.0 Å². The Kier molecular flexibility index (Phi) is 9.20. The lowest BCUT2D eigenvalue weighted by Gasteiger charge is -2.13. The van der Waals surface area contributed by atoms with Gasteiger partial charge in [0.1, 0.15) is 0 Å². The third-order valence-electron chi connectivity index (χ3n) is 13.5. The molecule has 0 atom stereocenters. The second-order valence-corrected chi connectivity index (χ2v) is 17.4. The van der Waals surface area contributed by atoms with Gasteiger partial charge < -0.3 is 0 Å². The quantitative estimate of drug-likeness (QED) is 0.118. The molecule has 0 unspecified atom stereocenters. The van der Waals surface area contributed by atoms with E-state index in [4.69, 9.17) is 21.5 Å². The minimum Gasteiger partial charge on any atom is -0.237 e. The molecular weight excluding hydrogens is 825 g/mol. The van der Waals surface area contributed by atoms with Crippen LogP contribution >= 0.6 is 0 Å². The van der Waals surface area contributed by atoms with Gasteiger partial charge in [-0.3, -0.25) is 0 Å².